The predicted octanol–water partition coefficient (Wildman–Crippen LogP) is 4.74. The third-order valence-electron chi connectivity index (χ3n) is 6.04. The number of aromatic amines is 1. The number of aliphatic imine (C=N–C) groups is 1. The first kappa shape index (κ1) is 25.7. The summed E-state index contributed by atoms with van der Waals surface area (Å²) in [5.74, 6) is -0.541. The molecule has 0 radical (unpaired) electrons. The predicted molar refractivity (Wildman–Crippen MR) is 146 cm³/mol. The van der Waals surface area contributed by atoms with Gasteiger partial charge in [0.25, 0.3) is 0 Å². The van der Waals surface area contributed by atoms with Gasteiger partial charge in [-0.25, -0.2) is 9.79 Å². The largest absolute Gasteiger partial charge is 0.494 e. The fraction of sp³-hybridized carbons (Fsp3) is 0.207. The molecule has 0 spiro atoms. The SMILES string of the molecule is COC(=O)c1ccc2c(C(=Nc3ccc(N(CCN(C)C)C(C)=O)cc3)c3ccccc3)c(O)[nH]c2c1. The second-order valence-corrected chi connectivity index (χ2v) is 8.92. The number of anilines is 1. The Morgan fingerprint density at radius 1 is 0.946 bits per heavy atom. The lowest BCUT2D eigenvalue weighted by molar-refractivity contribution is -0.116. The van der Waals surface area contributed by atoms with Crippen LogP contribution in [0.1, 0.15) is 28.4 Å². The fourth-order valence-corrected chi connectivity index (χ4v) is 4.13. The van der Waals surface area contributed by atoms with Gasteiger partial charge in [0, 0.05) is 42.2 Å². The maximum atomic E-state index is 12.2. The molecule has 0 saturated heterocycles. The van der Waals surface area contributed by atoms with E-state index in [1.54, 1.807) is 30.0 Å². The number of H-pyrrole nitrogens is 1. The van der Waals surface area contributed by atoms with Crippen LogP contribution < -0.4 is 4.90 Å². The first-order chi connectivity index (χ1) is 17.8. The maximum Gasteiger partial charge on any atom is 0.337 e. The molecule has 0 unspecified atom stereocenters. The van der Waals surface area contributed by atoms with Crippen molar-refractivity contribution in [2.75, 3.05) is 39.2 Å². The molecule has 3 aromatic carbocycles. The molecular formula is C29H30N4O4. The highest BCUT2D eigenvalue weighted by molar-refractivity contribution is 6.22. The number of nitrogens with one attached hydrogen (secondary N) is 1. The Kier molecular flexibility index (Phi) is 7.69. The zero-order valence-corrected chi connectivity index (χ0v) is 21.4. The van der Waals surface area contributed by atoms with E-state index in [1.165, 1.54) is 7.11 Å². The van der Waals surface area contributed by atoms with Crippen molar-refractivity contribution in [1.82, 2.24) is 9.88 Å². The number of methoxy groups -OCH3 is 1. The zero-order chi connectivity index (χ0) is 26.5. The number of rotatable bonds is 8. The Morgan fingerprint density at radius 3 is 2.27 bits per heavy atom. The van der Waals surface area contributed by atoms with E-state index in [0.717, 1.165) is 23.2 Å². The molecule has 0 bridgehead atoms. The van der Waals surface area contributed by atoms with Crippen LogP contribution >= 0.6 is 0 Å². The van der Waals surface area contributed by atoms with Crippen molar-refractivity contribution in [2.24, 2.45) is 4.99 Å². The first-order valence-electron chi connectivity index (χ1n) is 11.9. The molecule has 1 heterocycles. The highest BCUT2D eigenvalue weighted by atomic mass is 16.5. The average Bonchev–Trinajstić information content (AvgIpc) is 3.22. The molecule has 0 aliphatic rings. The summed E-state index contributed by atoms with van der Waals surface area (Å²) >= 11 is 0. The van der Waals surface area contributed by atoms with Crippen LogP contribution in [0.25, 0.3) is 10.9 Å². The monoisotopic (exact) mass is 498 g/mol. The highest BCUT2D eigenvalue weighted by Gasteiger charge is 2.20. The molecule has 4 rings (SSSR count). The lowest BCUT2D eigenvalue weighted by atomic mass is 10.00. The van der Waals surface area contributed by atoms with Gasteiger partial charge in [-0.05, 0) is 50.5 Å². The molecule has 4 aromatic rings. The summed E-state index contributed by atoms with van der Waals surface area (Å²) in [6, 6.07) is 22.1. The molecule has 8 heteroatoms. The summed E-state index contributed by atoms with van der Waals surface area (Å²) in [5, 5.41) is 11.6. The summed E-state index contributed by atoms with van der Waals surface area (Å²) < 4.78 is 4.82. The van der Waals surface area contributed by atoms with Crippen LogP contribution in [0, 0.1) is 0 Å². The number of carbonyl (C=O) groups excluding carboxylic acids is 2. The Hall–Kier alpha value is -4.43. The van der Waals surface area contributed by atoms with Crippen LogP contribution in [0.15, 0.2) is 77.8 Å². The lowest BCUT2D eigenvalue weighted by Crippen LogP contribution is -2.35. The van der Waals surface area contributed by atoms with E-state index in [-0.39, 0.29) is 11.8 Å². The molecule has 1 amide bonds. The second kappa shape index (κ2) is 11.1. The number of aromatic nitrogens is 1. The van der Waals surface area contributed by atoms with Gasteiger partial charge in [0.15, 0.2) is 5.88 Å². The Balaban J connectivity index is 1.78. The van der Waals surface area contributed by atoms with Crippen molar-refractivity contribution in [3.05, 3.63) is 89.5 Å². The Labute approximate surface area is 215 Å². The van der Waals surface area contributed by atoms with Crippen LogP contribution in [-0.2, 0) is 9.53 Å². The number of esters is 1. The topological polar surface area (TPSA) is 98.2 Å². The van der Waals surface area contributed by atoms with E-state index >= 15 is 0 Å². The zero-order valence-electron chi connectivity index (χ0n) is 21.4. The molecular weight excluding hydrogens is 468 g/mol. The number of aromatic hydroxyl groups is 1. The number of fused-ring (bicyclic) bond motifs is 1. The van der Waals surface area contributed by atoms with Gasteiger partial charge in [-0.3, -0.25) is 4.79 Å². The summed E-state index contributed by atoms with van der Waals surface area (Å²) in [5.41, 5.74) is 4.33. The van der Waals surface area contributed by atoms with Crippen LogP contribution in [0.2, 0.25) is 0 Å². The van der Waals surface area contributed by atoms with Crippen LogP contribution in [0.5, 0.6) is 5.88 Å². The lowest BCUT2D eigenvalue weighted by Gasteiger charge is -2.23. The minimum atomic E-state index is -0.459. The van der Waals surface area contributed by atoms with Crippen molar-refractivity contribution in [3.63, 3.8) is 0 Å². The summed E-state index contributed by atoms with van der Waals surface area (Å²) in [6.45, 7) is 2.88. The van der Waals surface area contributed by atoms with Gasteiger partial charge in [-0.1, -0.05) is 36.4 Å². The van der Waals surface area contributed by atoms with Gasteiger partial charge in [-0.15, -0.1) is 0 Å². The Morgan fingerprint density at radius 2 is 1.65 bits per heavy atom. The maximum absolute atomic E-state index is 12.2. The third-order valence-corrected chi connectivity index (χ3v) is 6.04. The molecule has 37 heavy (non-hydrogen) atoms. The summed E-state index contributed by atoms with van der Waals surface area (Å²) in [7, 11) is 5.27. The van der Waals surface area contributed by atoms with Crippen molar-refractivity contribution < 1.29 is 19.4 Å². The van der Waals surface area contributed by atoms with Gasteiger partial charge < -0.3 is 24.6 Å². The quantitative estimate of drug-likeness (QED) is 0.270. The normalized spacial score (nSPS) is 11.6. The number of likely N-dealkylation sites (N-methyl/N-ethyl adjacent to an activating group) is 1. The summed E-state index contributed by atoms with van der Waals surface area (Å²) in [4.78, 5) is 35.8. The third kappa shape index (κ3) is 5.70. The van der Waals surface area contributed by atoms with Crippen LogP contribution in [0.3, 0.4) is 0 Å². The minimum Gasteiger partial charge on any atom is -0.494 e. The molecule has 1 aromatic heterocycles. The number of hydrogen-bond donors (Lipinski definition) is 2. The van der Waals surface area contributed by atoms with Gasteiger partial charge in [0.05, 0.1) is 29.6 Å². The highest BCUT2D eigenvalue weighted by Crippen LogP contribution is 2.32. The van der Waals surface area contributed by atoms with Crippen molar-refractivity contribution >= 4 is 39.9 Å². The van der Waals surface area contributed by atoms with E-state index in [1.807, 2.05) is 73.6 Å². The van der Waals surface area contributed by atoms with E-state index in [0.29, 0.717) is 34.6 Å². The molecule has 190 valence electrons. The number of carbonyl (C=O) groups is 2. The molecule has 0 saturated carbocycles. The molecule has 2 N–H and O–H groups in total. The summed E-state index contributed by atoms with van der Waals surface area (Å²) in [6.07, 6.45) is 0. The second-order valence-electron chi connectivity index (χ2n) is 8.92. The van der Waals surface area contributed by atoms with Crippen molar-refractivity contribution in [1.29, 1.82) is 0 Å². The number of benzene rings is 3. The molecule has 0 aliphatic carbocycles. The van der Waals surface area contributed by atoms with E-state index in [4.69, 9.17) is 9.73 Å². The molecule has 8 nitrogen and oxygen atoms in total. The fourth-order valence-electron chi connectivity index (χ4n) is 4.13. The number of nitrogens with zero attached hydrogens (tertiary/aromatic N) is 3. The van der Waals surface area contributed by atoms with Gasteiger partial charge >= 0.3 is 5.97 Å². The number of ether oxygens (including phenoxy) is 1. The van der Waals surface area contributed by atoms with E-state index in [9.17, 15) is 14.7 Å². The van der Waals surface area contributed by atoms with Gasteiger partial charge in [0.1, 0.15) is 0 Å². The van der Waals surface area contributed by atoms with E-state index in [2.05, 4.69) is 4.98 Å². The van der Waals surface area contributed by atoms with Crippen molar-refractivity contribution in [2.45, 2.75) is 6.92 Å². The Bertz CT molecular complexity index is 1440. The van der Waals surface area contributed by atoms with E-state index < -0.39 is 5.97 Å². The van der Waals surface area contributed by atoms with Crippen LogP contribution in [-0.4, -0.2) is 66.9 Å². The minimum absolute atomic E-state index is 0.0295. The van der Waals surface area contributed by atoms with Crippen molar-refractivity contribution in [3.8, 4) is 5.88 Å². The average molecular weight is 499 g/mol. The molecule has 0 atom stereocenters. The smallest absolute Gasteiger partial charge is 0.337 e. The number of hydrogen-bond acceptors (Lipinski definition) is 6. The van der Waals surface area contributed by atoms with Crippen LogP contribution in [0.4, 0.5) is 11.4 Å². The molecule has 0 aliphatic heterocycles. The van der Waals surface area contributed by atoms with Gasteiger partial charge in [-0.2, -0.15) is 0 Å². The first-order valence-corrected chi connectivity index (χ1v) is 11.9. The molecule has 0 fully saturated rings. The standard InChI is InChI=1S/C29H30N4O4/c1-19(34)33(17-16-32(2)3)23-13-11-22(12-14-23)30-27(20-8-6-5-7-9-20)26-24-15-10-21(29(36)37-4)18-25(24)31-28(26)35/h5-15,18,31,35H,16-17H2,1-4H3. The van der Waals surface area contributed by atoms with Gasteiger partial charge in [0.2, 0.25) is 5.91 Å². The number of amides is 1.